The van der Waals surface area contributed by atoms with E-state index in [9.17, 15) is 4.79 Å². The SMILES string of the molecule is O=C(C=Cc1ccc(OCc2ccccn2)cc1)Nc1ccccc1Cn1cccn1. The fourth-order valence-electron chi connectivity index (χ4n) is 3.01. The summed E-state index contributed by atoms with van der Waals surface area (Å²) < 4.78 is 7.55. The van der Waals surface area contributed by atoms with Crippen LogP contribution in [0, 0.1) is 0 Å². The summed E-state index contributed by atoms with van der Waals surface area (Å²) in [5.74, 6) is 0.559. The fraction of sp³-hybridized carbons (Fsp3) is 0.0800. The van der Waals surface area contributed by atoms with Crippen molar-refractivity contribution in [3.05, 3.63) is 114 Å². The average Bonchev–Trinajstić information content (AvgIpc) is 3.32. The number of carbonyl (C=O) groups excluding carboxylic acids is 1. The first-order chi connectivity index (χ1) is 15.3. The lowest BCUT2D eigenvalue weighted by molar-refractivity contribution is -0.111. The predicted molar refractivity (Wildman–Crippen MR) is 120 cm³/mol. The normalized spacial score (nSPS) is 10.8. The molecule has 1 N–H and O–H groups in total. The van der Waals surface area contributed by atoms with E-state index in [1.807, 2.05) is 83.7 Å². The molecular formula is C25H22N4O2. The lowest BCUT2D eigenvalue weighted by atomic mass is 10.1. The van der Waals surface area contributed by atoms with E-state index in [1.165, 1.54) is 6.08 Å². The molecule has 2 aromatic carbocycles. The Hall–Kier alpha value is -4.19. The number of hydrogen-bond acceptors (Lipinski definition) is 4. The van der Waals surface area contributed by atoms with Crippen molar-refractivity contribution in [2.45, 2.75) is 13.2 Å². The molecule has 0 aliphatic heterocycles. The number of pyridine rings is 1. The maximum absolute atomic E-state index is 12.4. The fourth-order valence-corrected chi connectivity index (χ4v) is 3.01. The summed E-state index contributed by atoms with van der Waals surface area (Å²) in [4.78, 5) is 16.7. The number of nitrogens with one attached hydrogen (secondary N) is 1. The number of amides is 1. The summed E-state index contributed by atoms with van der Waals surface area (Å²) in [5, 5.41) is 7.17. The number of para-hydroxylation sites is 1. The Kier molecular flexibility index (Phi) is 6.50. The first-order valence-corrected chi connectivity index (χ1v) is 9.93. The first kappa shape index (κ1) is 20.1. The third-order valence-electron chi connectivity index (χ3n) is 4.59. The van der Waals surface area contributed by atoms with Crippen LogP contribution in [0.1, 0.15) is 16.8 Å². The molecule has 0 aliphatic carbocycles. The summed E-state index contributed by atoms with van der Waals surface area (Å²) in [6, 6.07) is 22.9. The van der Waals surface area contributed by atoms with Crippen LogP contribution in [-0.4, -0.2) is 20.7 Å². The van der Waals surface area contributed by atoms with Crippen LogP contribution >= 0.6 is 0 Å². The molecule has 4 aromatic rings. The second kappa shape index (κ2) is 10.0. The van der Waals surface area contributed by atoms with Crippen LogP contribution in [0.4, 0.5) is 5.69 Å². The van der Waals surface area contributed by atoms with Gasteiger partial charge in [0.25, 0.3) is 0 Å². The zero-order valence-electron chi connectivity index (χ0n) is 16.9. The number of carbonyl (C=O) groups is 1. The summed E-state index contributed by atoms with van der Waals surface area (Å²) in [6.07, 6.45) is 8.66. The molecule has 0 saturated heterocycles. The zero-order chi connectivity index (χ0) is 21.3. The molecule has 6 nitrogen and oxygen atoms in total. The van der Waals surface area contributed by atoms with Gasteiger partial charge >= 0.3 is 0 Å². The molecule has 1 amide bonds. The van der Waals surface area contributed by atoms with Gasteiger partial charge in [0, 0.05) is 30.4 Å². The third-order valence-corrected chi connectivity index (χ3v) is 4.59. The maximum Gasteiger partial charge on any atom is 0.248 e. The molecule has 31 heavy (non-hydrogen) atoms. The van der Waals surface area contributed by atoms with E-state index in [0.717, 1.165) is 28.3 Å². The highest BCUT2D eigenvalue weighted by molar-refractivity contribution is 6.02. The van der Waals surface area contributed by atoms with Gasteiger partial charge in [-0.25, -0.2) is 0 Å². The van der Waals surface area contributed by atoms with Crippen molar-refractivity contribution >= 4 is 17.7 Å². The Labute approximate surface area is 180 Å². The van der Waals surface area contributed by atoms with Crippen LogP contribution in [0.2, 0.25) is 0 Å². The summed E-state index contributed by atoms with van der Waals surface area (Å²) >= 11 is 0. The number of ether oxygens (including phenoxy) is 1. The highest BCUT2D eigenvalue weighted by Crippen LogP contribution is 2.17. The topological polar surface area (TPSA) is 69.0 Å². The highest BCUT2D eigenvalue weighted by Gasteiger charge is 2.05. The van der Waals surface area contributed by atoms with Crippen molar-refractivity contribution in [3.8, 4) is 5.75 Å². The molecule has 0 radical (unpaired) electrons. The van der Waals surface area contributed by atoms with Crippen LogP contribution in [-0.2, 0) is 17.9 Å². The third kappa shape index (κ3) is 5.90. The van der Waals surface area contributed by atoms with Crippen molar-refractivity contribution < 1.29 is 9.53 Å². The minimum Gasteiger partial charge on any atom is -0.487 e. The Bertz CT molecular complexity index is 1140. The number of hydrogen-bond donors (Lipinski definition) is 1. The number of benzene rings is 2. The molecular weight excluding hydrogens is 388 g/mol. The van der Waals surface area contributed by atoms with Gasteiger partial charge in [0.05, 0.1) is 12.2 Å². The smallest absolute Gasteiger partial charge is 0.248 e. The van der Waals surface area contributed by atoms with Gasteiger partial charge in [0.15, 0.2) is 0 Å². The molecule has 0 aliphatic rings. The molecule has 0 unspecified atom stereocenters. The van der Waals surface area contributed by atoms with E-state index in [0.29, 0.717) is 13.2 Å². The molecule has 2 aromatic heterocycles. The Morgan fingerprint density at radius 3 is 2.58 bits per heavy atom. The lowest BCUT2D eigenvalue weighted by Gasteiger charge is -2.10. The Morgan fingerprint density at radius 2 is 1.81 bits per heavy atom. The highest BCUT2D eigenvalue weighted by atomic mass is 16.5. The van der Waals surface area contributed by atoms with Crippen molar-refractivity contribution in [2.75, 3.05) is 5.32 Å². The van der Waals surface area contributed by atoms with Gasteiger partial charge in [-0.3, -0.25) is 14.5 Å². The lowest BCUT2D eigenvalue weighted by Crippen LogP contribution is -2.11. The van der Waals surface area contributed by atoms with E-state index in [2.05, 4.69) is 15.4 Å². The molecule has 6 heteroatoms. The predicted octanol–water partition coefficient (Wildman–Crippen LogP) is 4.56. The monoisotopic (exact) mass is 410 g/mol. The largest absolute Gasteiger partial charge is 0.487 e. The Morgan fingerprint density at radius 1 is 0.968 bits per heavy atom. The van der Waals surface area contributed by atoms with Crippen molar-refractivity contribution in [2.24, 2.45) is 0 Å². The number of rotatable bonds is 8. The van der Waals surface area contributed by atoms with Gasteiger partial charge in [-0.2, -0.15) is 5.10 Å². The maximum atomic E-state index is 12.4. The summed E-state index contributed by atoms with van der Waals surface area (Å²) in [6.45, 7) is 1.00. The number of anilines is 1. The van der Waals surface area contributed by atoms with E-state index < -0.39 is 0 Å². The van der Waals surface area contributed by atoms with E-state index in [1.54, 1.807) is 18.5 Å². The van der Waals surface area contributed by atoms with Crippen molar-refractivity contribution in [1.29, 1.82) is 0 Å². The molecule has 0 saturated carbocycles. The van der Waals surface area contributed by atoms with E-state index >= 15 is 0 Å². The summed E-state index contributed by atoms with van der Waals surface area (Å²) in [7, 11) is 0. The van der Waals surface area contributed by atoms with Crippen LogP contribution < -0.4 is 10.1 Å². The molecule has 0 bridgehead atoms. The van der Waals surface area contributed by atoms with E-state index in [4.69, 9.17) is 4.74 Å². The van der Waals surface area contributed by atoms with Gasteiger partial charge in [0.2, 0.25) is 5.91 Å². The average molecular weight is 410 g/mol. The Balaban J connectivity index is 1.33. The first-order valence-electron chi connectivity index (χ1n) is 9.93. The number of nitrogens with zero attached hydrogens (tertiary/aromatic N) is 3. The van der Waals surface area contributed by atoms with Gasteiger partial charge in [-0.15, -0.1) is 0 Å². The van der Waals surface area contributed by atoms with Crippen LogP contribution in [0.5, 0.6) is 5.75 Å². The second-order valence-corrected chi connectivity index (χ2v) is 6.86. The van der Waals surface area contributed by atoms with Crippen molar-refractivity contribution in [3.63, 3.8) is 0 Å². The van der Waals surface area contributed by atoms with Gasteiger partial charge in [0.1, 0.15) is 12.4 Å². The molecule has 0 spiro atoms. The quantitative estimate of drug-likeness (QED) is 0.433. The molecule has 2 heterocycles. The molecule has 154 valence electrons. The summed E-state index contributed by atoms with van der Waals surface area (Å²) in [5.41, 5.74) is 3.54. The molecule has 0 fully saturated rings. The van der Waals surface area contributed by atoms with Gasteiger partial charge < -0.3 is 10.1 Å². The molecule has 4 rings (SSSR count). The van der Waals surface area contributed by atoms with Crippen LogP contribution in [0.25, 0.3) is 6.08 Å². The second-order valence-electron chi connectivity index (χ2n) is 6.86. The number of aromatic nitrogens is 3. The minimum absolute atomic E-state index is 0.191. The van der Waals surface area contributed by atoms with Crippen LogP contribution in [0.3, 0.4) is 0 Å². The zero-order valence-corrected chi connectivity index (χ0v) is 16.9. The van der Waals surface area contributed by atoms with Crippen molar-refractivity contribution in [1.82, 2.24) is 14.8 Å². The van der Waals surface area contributed by atoms with Gasteiger partial charge in [-0.05, 0) is 53.6 Å². The standard InChI is InChI=1S/C25H22N4O2/c30-25(28-24-8-2-1-6-21(24)18-29-17-5-16-27-29)14-11-20-9-12-23(13-10-20)31-19-22-7-3-4-15-26-22/h1-17H,18-19H2,(H,28,30). The van der Waals surface area contributed by atoms with E-state index in [-0.39, 0.29) is 5.91 Å². The van der Waals surface area contributed by atoms with Gasteiger partial charge in [-0.1, -0.05) is 36.4 Å². The minimum atomic E-state index is -0.191. The van der Waals surface area contributed by atoms with Crippen LogP contribution in [0.15, 0.2) is 97.5 Å². The molecule has 0 atom stereocenters.